The topological polar surface area (TPSA) is 61.6 Å². The standard InChI is InChI=1S/C14H14N4S/c1-4-11-13(5-2)19-14(18-11)10(8-15)12-6-7-16-9(3)17-12/h4-7,18H,1-3H3/b11-4+,13-5+,14-10-. The van der Waals surface area contributed by atoms with Crippen LogP contribution in [-0.4, -0.2) is 9.97 Å². The molecule has 2 heterocycles. The van der Waals surface area contributed by atoms with E-state index >= 15 is 0 Å². The number of aryl methyl sites for hydroxylation is 1. The Morgan fingerprint density at radius 1 is 1.42 bits per heavy atom. The molecule has 0 atom stereocenters. The third kappa shape index (κ3) is 2.69. The lowest BCUT2D eigenvalue weighted by atomic mass is 10.2. The number of thioether (sulfide) groups is 1. The molecule has 1 aliphatic rings. The van der Waals surface area contributed by atoms with Crippen LogP contribution >= 0.6 is 11.8 Å². The van der Waals surface area contributed by atoms with Gasteiger partial charge >= 0.3 is 0 Å². The molecule has 0 amide bonds. The molecule has 1 N–H and O–H groups in total. The van der Waals surface area contributed by atoms with Crippen molar-refractivity contribution in [1.29, 1.82) is 5.26 Å². The van der Waals surface area contributed by atoms with E-state index in [1.54, 1.807) is 24.0 Å². The van der Waals surface area contributed by atoms with E-state index in [9.17, 15) is 5.26 Å². The van der Waals surface area contributed by atoms with Crippen molar-refractivity contribution in [2.75, 3.05) is 0 Å². The van der Waals surface area contributed by atoms with Crippen molar-refractivity contribution in [3.8, 4) is 6.07 Å². The van der Waals surface area contributed by atoms with E-state index in [0.717, 1.165) is 15.6 Å². The molecule has 19 heavy (non-hydrogen) atoms. The SMILES string of the molecule is C/C=C1/N/C(=C(\C#N)c2ccnc(C)n2)S/C1=C/C. The zero-order valence-corrected chi connectivity index (χ0v) is 11.9. The summed E-state index contributed by atoms with van der Waals surface area (Å²) in [7, 11) is 0. The minimum atomic E-state index is 0.548. The second-order valence-corrected chi connectivity index (χ2v) is 4.94. The Morgan fingerprint density at radius 2 is 2.21 bits per heavy atom. The molecule has 1 aromatic rings. The number of nitrogens with one attached hydrogen (secondary N) is 1. The summed E-state index contributed by atoms with van der Waals surface area (Å²) in [6, 6.07) is 3.98. The molecule has 4 nitrogen and oxygen atoms in total. The normalized spacial score (nSPS) is 21.4. The maximum atomic E-state index is 9.39. The minimum absolute atomic E-state index is 0.548. The van der Waals surface area contributed by atoms with Gasteiger partial charge in [-0.15, -0.1) is 0 Å². The third-order valence-corrected chi connectivity index (χ3v) is 3.83. The molecule has 1 aromatic heterocycles. The van der Waals surface area contributed by atoms with Gasteiger partial charge in [0.05, 0.1) is 10.7 Å². The van der Waals surface area contributed by atoms with Crippen molar-refractivity contribution < 1.29 is 0 Å². The van der Waals surface area contributed by atoms with Gasteiger partial charge in [-0.3, -0.25) is 0 Å². The van der Waals surface area contributed by atoms with Crippen molar-refractivity contribution in [2.45, 2.75) is 20.8 Å². The van der Waals surface area contributed by atoms with Crippen molar-refractivity contribution in [3.05, 3.63) is 51.6 Å². The first-order chi connectivity index (χ1) is 9.19. The number of nitriles is 1. The molecule has 0 unspecified atom stereocenters. The Hall–Kier alpha value is -2.06. The highest BCUT2D eigenvalue weighted by Gasteiger charge is 2.22. The summed E-state index contributed by atoms with van der Waals surface area (Å²) >= 11 is 1.56. The van der Waals surface area contributed by atoms with Crippen LogP contribution in [0.1, 0.15) is 25.4 Å². The summed E-state index contributed by atoms with van der Waals surface area (Å²) in [5.74, 6) is 0.659. The van der Waals surface area contributed by atoms with Gasteiger partial charge in [0.15, 0.2) is 0 Å². The van der Waals surface area contributed by atoms with Crippen LogP contribution in [0.5, 0.6) is 0 Å². The molecule has 0 spiro atoms. The molecule has 2 rings (SSSR count). The quantitative estimate of drug-likeness (QED) is 0.794. The average molecular weight is 270 g/mol. The molecule has 0 aliphatic carbocycles. The molecule has 0 bridgehead atoms. The van der Waals surface area contributed by atoms with E-state index in [1.807, 2.05) is 32.9 Å². The van der Waals surface area contributed by atoms with E-state index in [-0.39, 0.29) is 0 Å². The predicted octanol–water partition coefficient (Wildman–Crippen LogP) is 3.12. The van der Waals surface area contributed by atoms with Crippen LogP contribution in [0.4, 0.5) is 0 Å². The minimum Gasteiger partial charge on any atom is -0.348 e. The Balaban J connectivity index is 2.49. The predicted molar refractivity (Wildman–Crippen MR) is 77.5 cm³/mol. The van der Waals surface area contributed by atoms with Gasteiger partial charge in [0, 0.05) is 16.8 Å². The molecular weight excluding hydrogens is 256 g/mol. The molecule has 1 fully saturated rings. The van der Waals surface area contributed by atoms with Crippen molar-refractivity contribution >= 4 is 17.3 Å². The van der Waals surface area contributed by atoms with E-state index in [1.165, 1.54) is 0 Å². The lowest BCUT2D eigenvalue weighted by Gasteiger charge is -2.03. The lowest BCUT2D eigenvalue weighted by Crippen LogP contribution is -2.05. The van der Waals surface area contributed by atoms with E-state index in [0.29, 0.717) is 17.1 Å². The van der Waals surface area contributed by atoms with Gasteiger partial charge in [0.1, 0.15) is 17.5 Å². The van der Waals surface area contributed by atoms with Crippen molar-refractivity contribution in [2.24, 2.45) is 0 Å². The van der Waals surface area contributed by atoms with Crippen LogP contribution < -0.4 is 5.32 Å². The Labute approximate surface area is 117 Å². The maximum absolute atomic E-state index is 9.39. The van der Waals surface area contributed by atoms with Crippen LogP contribution in [0, 0.1) is 18.3 Å². The molecule has 5 heteroatoms. The second kappa shape index (κ2) is 5.72. The van der Waals surface area contributed by atoms with Crippen LogP contribution in [0.2, 0.25) is 0 Å². The fraction of sp³-hybridized carbons (Fsp3) is 0.214. The van der Waals surface area contributed by atoms with Gasteiger partial charge in [-0.2, -0.15) is 5.26 Å². The summed E-state index contributed by atoms with van der Waals surface area (Å²) in [5.41, 5.74) is 2.23. The first-order valence-corrected chi connectivity index (χ1v) is 6.73. The smallest absolute Gasteiger partial charge is 0.125 e. The molecule has 0 aromatic carbocycles. The first kappa shape index (κ1) is 13.4. The van der Waals surface area contributed by atoms with Gasteiger partial charge < -0.3 is 5.32 Å². The van der Waals surface area contributed by atoms with E-state index in [4.69, 9.17) is 0 Å². The fourth-order valence-electron chi connectivity index (χ4n) is 1.74. The van der Waals surface area contributed by atoms with Crippen LogP contribution in [0.25, 0.3) is 5.57 Å². The molecule has 0 radical (unpaired) electrons. The van der Waals surface area contributed by atoms with Crippen LogP contribution in [-0.2, 0) is 0 Å². The molecular formula is C14H14N4S. The zero-order valence-electron chi connectivity index (χ0n) is 11.1. The number of hydrogen-bond acceptors (Lipinski definition) is 5. The monoisotopic (exact) mass is 270 g/mol. The molecule has 0 saturated carbocycles. The summed E-state index contributed by atoms with van der Waals surface area (Å²) in [5, 5.41) is 13.5. The summed E-state index contributed by atoms with van der Waals surface area (Å²) < 4.78 is 0. The van der Waals surface area contributed by atoms with E-state index in [2.05, 4.69) is 21.4 Å². The second-order valence-electron chi connectivity index (χ2n) is 3.89. The average Bonchev–Trinajstić information content (AvgIpc) is 2.83. The Morgan fingerprint density at radius 3 is 2.74 bits per heavy atom. The maximum Gasteiger partial charge on any atom is 0.125 e. The summed E-state index contributed by atoms with van der Waals surface area (Å²) in [4.78, 5) is 9.48. The van der Waals surface area contributed by atoms with Crippen molar-refractivity contribution in [1.82, 2.24) is 15.3 Å². The Bertz CT molecular complexity index is 613. The number of hydrogen-bond donors (Lipinski definition) is 1. The van der Waals surface area contributed by atoms with Gasteiger partial charge in [0.25, 0.3) is 0 Å². The van der Waals surface area contributed by atoms with E-state index < -0.39 is 0 Å². The number of aromatic nitrogens is 2. The molecule has 96 valence electrons. The van der Waals surface area contributed by atoms with Gasteiger partial charge in [-0.05, 0) is 26.8 Å². The Kier molecular flexibility index (Phi) is 4.03. The molecule has 1 aliphatic heterocycles. The highest BCUT2D eigenvalue weighted by atomic mass is 32.2. The fourth-order valence-corrected chi connectivity index (χ4v) is 2.77. The van der Waals surface area contributed by atoms with Gasteiger partial charge in [0.2, 0.25) is 0 Å². The van der Waals surface area contributed by atoms with Gasteiger partial charge in [-0.1, -0.05) is 23.9 Å². The third-order valence-electron chi connectivity index (χ3n) is 2.65. The van der Waals surface area contributed by atoms with Crippen LogP contribution in [0.3, 0.4) is 0 Å². The number of allylic oxidation sites excluding steroid dienone is 3. The molecule has 1 saturated heterocycles. The number of rotatable bonds is 1. The van der Waals surface area contributed by atoms with Gasteiger partial charge in [-0.25, -0.2) is 9.97 Å². The highest BCUT2D eigenvalue weighted by molar-refractivity contribution is 8.07. The largest absolute Gasteiger partial charge is 0.348 e. The lowest BCUT2D eigenvalue weighted by molar-refractivity contribution is 1.03. The first-order valence-electron chi connectivity index (χ1n) is 5.91. The summed E-state index contributed by atoms with van der Waals surface area (Å²) in [6.07, 6.45) is 5.69. The van der Waals surface area contributed by atoms with Crippen molar-refractivity contribution in [3.63, 3.8) is 0 Å². The highest BCUT2D eigenvalue weighted by Crippen LogP contribution is 2.39. The summed E-state index contributed by atoms with van der Waals surface area (Å²) in [6.45, 7) is 5.76. The zero-order chi connectivity index (χ0) is 13.8. The number of nitrogens with zero attached hydrogens (tertiary/aromatic N) is 3. The van der Waals surface area contributed by atoms with Crippen LogP contribution in [0.15, 0.2) is 40.0 Å².